The van der Waals surface area contributed by atoms with Gasteiger partial charge >= 0.3 is 11.9 Å². The minimum absolute atomic E-state index is 0.000972. The van der Waals surface area contributed by atoms with Gasteiger partial charge in [0.15, 0.2) is 0 Å². The normalized spacial score (nSPS) is 10.3. The van der Waals surface area contributed by atoms with E-state index in [0.717, 1.165) is 18.2 Å². The standard InChI is InChI=1S/C11H8N2O6/c14-8-3-9(15)5(10(16)17)1-4(8)6-2-7(11(18)19)13-12-6/h1-3,14-15H,(H,12,13)(H,16,17)(H,18,19). The molecule has 0 radical (unpaired) electrons. The average molecular weight is 264 g/mol. The summed E-state index contributed by atoms with van der Waals surface area (Å²) in [4.78, 5) is 21.6. The van der Waals surface area contributed by atoms with E-state index in [1.54, 1.807) is 0 Å². The van der Waals surface area contributed by atoms with Crippen LogP contribution in [0, 0.1) is 0 Å². The maximum absolute atomic E-state index is 10.9. The van der Waals surface area contributed by atoms with Crippen LogP contribution >= 0.6 is 0 Å². The number of carboxylic acid groups (broad SMARTS) is 2. The van der Waals surface area contributed by atoms with Gasteiger partial charge in [0.1, 0.15) is 22.8 Å². The summed E-state index contributed by atoms with van der Waals surface area (Å²) in [6.07, 6.45) is 0. The van der Waals surface area contributed by atoms with Crippen LogP contribution in [0.2, 0.25) is 0 Å². The van der Waals surface area contributed by atoms with Crippen LogP contribution in [0.5, 0.6) is 11.5 Å². The van der Waals surface area contributed by atoms with E-state index in [9.17, 15) is 19.8 Å². The van der Waals surface area contributed by atoms with Crippen molar-refractivity contribution in [3.8, 4) is 22.8 Å². The van der Waals surface area contributed by atoms with Crippen LogP contribution < -0.4 is 0 Å². The molecule has 8 heteroatoms. The van der Waals surface area contributed by atoms with Gasteiger partial charge in [-0.25, -0.2) is 9.59 Å². The van der Waals surface area contributed by atoms with Crippen molar-refractivity contribution in [1.29, 1.82) is 0 Å². The molecule has 19 heavy (non-hydrogen) atoms. The van der Waals surface area contributed by atoms with Gasteiger partial charge < -0.3 is 20.4 Å². The second kappa shape index (κ2) is 4.33. The molecule has 0 fully saturated rings. The number of benzene rings is 1. The fourth-order valence-corrected chi connectivity index (χ4v) is 1.52. The Kier molecular flexibility index (Phi) is 2.83. The predicted octanol–water partition coefficient (Wildman–Crippen LogP) is 0.884. The first-order valence-electron chi connectivity index (χ1n) is 4.98. The molecule has 0 amide bonds. The Balaban J connectivity index is 2.57. The highest BCUT2D eigenvalue weighted by molar-refractivity contribution is 5.94. The monoisotopic (exact) mass is 264 g/mol. The number of phenols is 2. The Bertz CT molecular complexity index is 676. The van der Waals surface area contributed by atoms with Crippen LogP contribution in [0.1, 0.15) is 20.8 Å². The van der Waals surface area contributed by atoms with Gasteiger partial charge in [-0.1, -0.05) is 0 Å². The molecule has 0 bridgehead atoms. The van der Waals surface area contributed by atoms with E-state index in [1.807, 2.05) is 0 Å². The third-order valence-corrected chi connectivity index (χ3v) is 2.43. The molecule has 0 spiro atoms. The number of rotatable bonds is 3. The maximum atomic E-state index is 10.9. The molecule has 0 aliphatic carbocycles. The molecular formula is C11H8N2O6. The number of H-pyrrole nitrogens is 1. The third kappa shape index (κ3) is 2.18. The van der Waals surface area contributed by atoms with Crippen LogP contribution in [0.15, 0.2) is 18.2 Å². The van der Waals surface area contributed by atoms with Crippen molar-refractivity contribution in [2.75, 3.05) is 0 Å². The van der Waals surface area contributed by atoms with E-state index in [1.165, 1.54) is 0 Å². The number of nitrogens with one attached hydrogen (secondary N) is 1. The van der Waals surface area contributed by atoms with Crippen molar-refractivity contribution in [3.63, 3.8) is 0 Å². The largest absolute Gasteiger partial charge is 0.507 e. The molecule has 0 aliphatic rings. The van der Waals surface area contributed by atoms with E-state index in [0.29, 0.717) is 0 Å². The lowest BCUT2D eigenvalue weighted by Crippen LogP contribution is -1.97. The number of aromatic carboxylic acids is 2. The molecular weight excluding hydrogens is 256 g/mol. The molecule has 8 nitrogen and oxygen atoms in total. The highest BCUT2D eigenvalue weighted by Crippen LogP contribution is 2.34. The number of aromatic hydroxyl groups is 2. The lowest BCUT2D eigenvalue weighted by atomic mass is 10.1. The molecule has 1 aromatic heterocycles. The Morgan fingerprint density at radius 1 is 1.00 bits per heavy atom. The molecule has 0 aliphatic heterocycles. The van der Waals surface area contributed by atoms with Gasteiger partial charge in [-0.3, -0.25) is 5.10 Å². The summed E-state index contributed by atoms with van der Waals surface area (Å²) in [5, 5.41) is 42.5. The highest BCUT2D eigenvalue weighted by Gasteiger charge is 2.18. The second-order valence-corrected chi connectivity index (χ2v) is 3.66. The molecule has 0 saturated carbocycles. The van der Waals surface area contributed by atoms with Crippen molar-refractivity contribution in [2.45, 2.75) is 0 Å². The van der Waals surface area contributed by atoms with Gasteiger partial charge in [-0.05, 0) is 12.1 Å². The van der Waals surface area contributed by atoms with E-state index >= 15 is 0 Å². The van der Waals surface area contributed by atoms with E-state index in [4.69, 9.17) is 10.2 Å². The molecule has 1 aromatic carbocycles. The van der Waals surface area contributed by atoms with Crippen LogP contribution in [0.4, 0.5) is 0 Å². The number of nitrogens with zero attached hydrogens (tertiary/aromatic N) is 1. The summed E-state index contributed by atoms with van der Waals surface area (Å²) in [7, 11) is 0. The maximum Gasteiger partial charge on any atom is 0.353 e. The highest BCUT2D eigenvalue weighted by atomic mass is 16.4. The van der Waals surface area contributed by atoms with E-state index in [2.05, 4.69) is 10.2 Å². The van der Waals surface area contributed by atoms with E-state index in [-0.39, 0.29) is 17.0 Å². The Labute approximate surface area is 105 Å². The number of aromatic nitrogens is 2. The smallest absolute Gasteiger partial charge is 0.353 e. The zero-order chi connectivity index (χ0) is 14.2. The second-order valence-electron chi connectivity index (χ2n) is 3.66. The first-order valence-corrected chi connectivity index (χ1v) is 4.98. The van der Waals surface area contributed by atoms with Crippen LogP contribution in [-0.4, -0.2) is 42.6 Å². The van der Waals surface area contributed by atoms with Crippen molar-refractivity contribution < 1.29 is 30.0 Å². The van der Waals surface area contributed by atoms with Gasteiger partial charge in [0, 0.05) is 11.6 Å². The number of hydrogen-bond acceptors (Lipinski definition) is 5. The topological polar surface area (TPSA) is 144 Å². The minimum atomic E-state index is -1.38. The van der Waals surface area contributed by atoms with Crippen molar-refractivity contribution >= 4 is 11.9 Å². The molecule has 0 saturated heterocycles. The first kappa shape index (κ1) is 12.4. The molecule has 0 atom stereocenters. The van der Waals surface area contributed by atoms with Gasteiger partial charge in [-0.15, -0.1) is 0 Å². The molecule has 98 valence electrons. The number of hydrogen-bond donors (Lipinski definition) is 5. The Morgan fingerprint density at radius 2 is 1.68 bits per heavy atom. The molecule has 1 heterocycles. The molecule has 2 rings (SSSR count). The predicted molar refractivity (Wildman–Crippen MR) is 61.3 cm³/mol. The Morgan fingerprint density at radius 3 is 2.21 bits per heavy atom. The molecule has 0 unspecified atom stereocenters. The summed E-state index contributed by atoms with van der Waals surface area (Å²) in [5.74, 6) is -3.63. The summed E-state index contributed by atoms with van der Waals surface area (Å²) in [5.41, 5.74) is -0.580. The van der Waals surface area contributed by atoms with Gasteiger partial charge in [-0.2, -0.15) is 5.10 Å². The summed E-state index contributed by atoms with van der Waals surface area (Å²) in [6.45, 7) is 0. The first-order chi connectivity index (χ1) is 8.90. The molecule has 2 aromatic rings. The van der Waals surface area contributed by atoms with Crippen LogP contribution in [0.25, 0.3) is 11.3 Å². The van der Waals surface area contributed by atoms with Gasteiger partial charge in [0.25, 0.3) is 0 Å². The van der Waals surface area contributed by atoms with Gasteiger partial charge in [0.05, 0.1) is 5.69 Å². The Hall–Kier alpha value is -3.03. The van der Waals surface area contributed by atoms with Crippen molar-refractivity contribution in [1.82, 2.24) is 10.2 Å². The number of carboxylic acids is 2. The quantitative estimate of drug-likeness (QED) is 0.553. The number of aromatic amines is 1. The van der Waals surface area contributed by atoms with Gasteiger partial charge in [0.2, 0.25) is 0 Å². The van der Waals surface area contributed by atoms with Crippen LogP contribution in [-0.2, 0) is 0 Å². The summed E-state index contributed by atoms with van der Waals surface area (Å²) >= 11 is 0. The SMILES string of the molecule is O=C(O)c1cc(-c2cc(C(=O)O)c(O)cc2O)n[nH]1. The third-order valence-electron chi connectivity index (χ3n) is 2.43. The lowest BCUT2D eigenvalue weighted by molar-refractivity contribution is 0.0681. The molecule has 5 N–H and O–H groups in total. The lowest BCUT2D eigenvalue weighted by Gasteiger charge is -2.05. The van der Waals surface area contributed by atoms with Crippen molar-refractivity contribution in [2.24, 2.45) is 0 Å². The van der Waals surface area contributed by atoms with Crippen molar-refractivity contribution in [3.05, 3.63) is 29.5 Å². The zero-order valence-corrected chi connectivity index (χ0v) is 9.28. The minimum Gasteiger partial charge on any atom is -0.507 e. The summed E-state index contributed by atoms with van der Waals surface area (Å²) < 4.78 is 0. The average Bonchev–Trinajstić information content (AvgIpc) is 2.77. The fourth-order valence-electron chi connectivity index (χ4n) is 1.52. The number of carbonyl (C=O) groups is 2. The summed E-state index contributed by atoms with van der Waals surface area (Å²) in [6, 6.07) is 3.00. The van der Waals surface area contributed by atoms with Crippen LogP contribution in [0.3, 0.4) is 0 Å². The van der Waals surface area contributed by atoms with E-state index < -0.39 is 29.0 Å². The number of phenolic OH excluding ortho intramolecular Hbond substituents is 1. The zero-order valence-electron chi connectivity index (χ0n) is 9.28. The fraction of sp³-hybridized carbons (Fsp3) is 0.